The number of rotatable bonds is 11. The zero-order valence-corrected chi connectivity index (χ0v) is 19.7. The normalized spacial score (nSPS) is 11.0. The lowest BCUT2D eigenvalue weighted by Gasteiger charge is -2.12. The first-order valence-electron chi connectivity index (χ1n) is 10.5. The van der Waals surface area contributed by atoms with Crippen LogP contribution in [0.25, 0.3) is 22.7 Å². The number of ether oxygens (including phenoxy) is 3. The molecule has 0 spiro atoms. The Bertz CT molecular complexity index is 1180. The molecule has 0 saturated carbocycles. The molecule has 4 rings (SSSR count). The quantitative estimate of drug-likeness (QED) is 0.227. The van der Waals surface area contributed by atoms with Gasteiger partial charge < -0.3 is 23.2 Å². The smallest absolute Gasteiger partial charge is 0.205 e. The van der Waals surface area contributed by atoms with Crippen LogP contribution in [0.4, 0.5) is 0 Å². The number of aromatic nitrogens is 4. The summed E-state index contributed by atoms with van der Waals surface area (Å²) in [5.74, 6) is 3.99. The first-order chi connectivity index (χ1) is 16.2. The molecule has 0 saturated heterocycles. The maximum Gasteiger partial charge on any atom is 0.205 e. The second-order valence-corrected chi connectivity index (χ2v) is 8.09. The highest BCUT2D eigenvalue weighted by Crippen LogP contribution is 2.33. The van der Waals surface area contributed by atoms with Crippen LogP contribution >= 0.6 is 11.8 Å². The molecule has 0 fully saturated rings. The van der Waals surface area contributed by atoms with Crippen molar-refractivity contribution in [1.29, 1.82) is 0 Å². The van der Waals surface area contributed by atoms with Gasteiger partial charge in [0.05, 0.1) is 26.2 Å². The molecule has 0 aliphatic carbocycles. The molecule has 2 aromatic heterocycles. The van der Waals surface area contributed by atoms with Crippen molar-refractivity contribution in [2.75, 3.05) is 27.9 Å². The molecule has 4 aromatic rings. The lowest BCUT2D eigenvalue weighted by atomic mass is 10.2. The van der Waals surface area contributed by atoms with Crippen molar-refractivity contribution in [3.05, 3.63) is 60.6 Å². The summed E-state index contributed by atoms with van der Waals surface area (Å²) in [6, 6.07) is 15.7. The van der Waals surface area contributed by atoms with E-state index in [9.17, 15) is 0 Å². The Balaban J connectivity index is 1.56. The van der Waals surface area contributed by atoms with Crippen molar-refractivity contribution in [1.82, 2.24) is 19.7 Å². The van der Waals surface area contributed by atoms with Gasteiger partial charge in [-0.25, -0.2) is 4.98 Å². The Morgan fingerprint density at radius 1 is 0.939 bits per heavy atom. The van der Waals surface area contributed by atoms with Crippen LogP contribution in [-0.2, 0) is 17.0 Å². The molecule has 0 amide bonds. The van der Waals surface area contributed by atoms with Crippen molar-refractivity contribution in [2.45, 2.75) is 23.9 Å². The van der Waals surface area contributed by atoms with Crippen LogP contribution < -0.4 is 9.47 Å². The minimum atomic E-state index is 0.543. The lowest BCUT2D eigenvalue weighted by molar-refractivity contribution is 0.189. The molecule has 33 heavy (non-hydrogen) atoms. The van der Waals surface area contributed by atoms with Gasteiger partial charge in [-0.05, 0) is 24.6 Å². The average Bonchev–Trinajstić information content (AvgIpc) is 3.50. The largest absolute Gasteiger partial charge is 0.493 e. The van der Waals surface area contributed by atoms with Gasteiger partial charge in [-0.15, -0.1) is 10.2 Å². The van der Waals surface area contributed by atoms with Gasteiger partial charge in [0, 0.05) is 31.4 Å². The Hall–Kier alpha value is -3.30. The van der Waals surface area contributed by atoms with Gasteiger partial charge in [0.15, 0.2) is 28.2 Å². The third kappa shape index (κ3) is 5.37. The van der Waals surface area contributed by atoms with Crippen molar-refractivity contribution in [3.8, 4) is 34.2 Å². The summed E-state index contributed by atoms with van der Waals surface area (Å²) in [7, 11) is 4.93. The molecular formula is C24H26N4O4S. The van der Waals surface area contributed by atoms with Crippen LogP contribution in [0, 0.1) is 0 Å². The summed E-state index contributed by atoms with van der Waals surface area (Å²) in [5.41, 5.74) is 1.90. The number of thioether (sulfide) groups is 1. The van der Waals surface area contributed by atoms with Crippen LogP contribution in [0.1, 0.15) is 12.3 Å². The Morgan fingerprint density at radius 3 is 2.52 bits per heavy atom. The van der Waals surface area contributed by atoms with E-state index in [0.717, 1.165) is 34.3 Å². The zero-order chi connectivity index (χ0) is 23.0. The molecule has 0 aliphatic heterocycles. The summed E-state index contributed by atoms with van der Waals surface area (Å²) in [6.45, 7) is 1.36. The van der Waals surface area contributed by atoms with Crippen molar-refractivity contribution in [3.63, 3.8) is 0 Å². The predicted molar refractivity (Wildman–Crippen MR) is 127 cm³/mol. The van der Waals surface area contributed by atoms with Gasteiger partial charge >= 0.3 is 0 Å². The number of nitrogens with zero attached hydrogens (tertiary/aromatic N) is 4. The molecule has 0 aliphatic rings. The van der Waals surface area contributed by atoms with E-state index in [-0.39, 0.29) is 0 Å². The van der Waals surface area contributed by atoms with Gasteiger partial charge in [-0.3, -0.25) is 0 Å². The first kappa shape index (κ1) is 22.9. The van der Waals surface area contributed by atoms with Gasteiger partial charge in [0.2, 0.25) is 5.89 Å². The van der Waals surface area contributed by atoms with Crippen molar-refractivity contribution < 1.29 is 18.6 Å². The second-order valence-electron chi connectivity index (χ2n) is 7.15. The number of hydrogen-bond donors (Lipinski definition) is 0. The Kier molecular flexibility index (Phi) is 7.64. The minimum Gasteiger partial charge on any atom is -0.493 e. The van der Waals surface area contributed by atoms with Crippen LogP contribution in [0.15, 0.2) is 64.3 Å². The van der Waals surface area contributed by atoms with E-state index in [0.29, 0.717) is 36.3 Å². The third-order valence-electron chi connectivity index (χ3n) is 5.03. The summed E-state index contributed by atoms with van der Waals surface area (Å²) < 4.78 is 24.1. The molecule has 0 unspecified atom stereocenters. The van der Waals surface area contributed by atoms with E-state index in [2.05, 4.69) is 19.7 Å². The molecule has 172 valence electrons. The Morgan fingerprint density at radius 2 is 1.76 bits per heavy atom. The first-order valence-corrected chi connectivity index (χ1v) is 11.5. The predicted octanol–water partition coefficient (Wildman–Crippen LogP) is 4.95. The van der Waals surface area contributed by atoms with Gasteiger partial charge in [0.25, 0.3) is 0 Å². The fraction of sp³-hybridized carbons (Fsp3) is 0.292. The standard InChI is InChI=1S/C24H26N4O4S/c1-29-13-7-12-28-23(18-10-11-19(30-2)20(14-18)31-3)26-27-24(28)33-16-22-25-15-21(32-22)17-8-5-4-6-9-17/h4-6,8-11,14-15H,7,12-13,16H2,1-3H3. The molecule has 2 aromatic carbocycles. The Labute approximate surface area is 196 Å². The van der Waals surface area contributed by atoms with Gasteiger partial charge in [-0.1, -0.05) is 42.1 Å². The fourth-order valence-electron chi connectivity index (χ4n) is 3.39. The lowest BCUT2D eigenvalue weighted by Crippen LogP contribution is -2.05. The SMILES string of the molecule is COCCCn1c(SCc2ncc(-c3ccccc3)o2)nnc1-c1ccc(OC)c(OC)c1. The highest BCUT2D eigenvalue weighted by atomic mass is 32.2. The second kappa shape index (κ2) is 11.0. The summed E-state index contributed by atoms with van der Waals surface area (Å²) >= 11 is 1.54. The summed E-state index contributed by atoms with van der Waals surface area (Å²) in [6.07, 6.45) is 2.59. The van der Waals surface area contributed by atoms with Crippen LogP contribution in [0.2, 0.25) is 0 Å². The van der Waals surface area contributed by atoms with E-state index in [1.54, 1.807) is 27.5 Å². The highest BCUT2D eigenvalue weighted by molar-refractivity contribution is 7.98. The number of methoxy groups -OCH3 is 3. The maximum atomic E-state index is 5.94. The maximum absolute atomic E-state index is 5.94. The van der Waals surface area contributed by atoms with Crippen LogP contribution in [-0.4, -0.2) is 47.7 Å². The van der Waals surface area contributed by atoms with Crippen LogP contribution in [0.5, 0.6) is 11.5 Å². The average molecular weight is 467 g/mol. The molecule has 0 N–H and O–H groups in total. The number of hydrogen-bond acceptors (Lipinski definition) is 8. The molecule has 0 atom stereocenters. The molecule has 0 radical (unpaired) electrons. The summed E-state index contributed by atoms with van der Waals surface area (Å²) in [4.78, 5) is 4.42. The van der Waals surface area contributed by atoms with Crippen LogP contribution in [0.3, 0.4) is 0 Å². The summed E-state index contributed by atoms with van der Waals surface area (Å²) in [5, 5.41) is 9.70. The van der Waals surface area contributed by atoms with Crippen molar-refractivity contribution >= 4 is 11.8 Å². The van der Waals surface area contributed by atoms with Crippen molar-refractivity contribution in [2.24, 2.45) is 0 Å². The highest BCUT2D eigenvalue weighted by Gasteiger charge is 2.17. The molecule has 9 heteroatoms. The topological polar surface area (TPSA) is 84.4 Å². The fourth-order valence-corrected chi connectivity index (χ4v) is 4.21. The van der Waals surface area contributed by atoms with Gasteiger partial charge in [-0.2, -0.15) is 0 Å². The van der Waals surface area contributed by atoms with E-state index in [4.69, 9.17) is 18.6 Å². The minimum absolute atomic E-state index is 0.543. The molecular weight excluding hydrogens is 440 g/mol. The van der Waals surface area contributed by atoms with E-state index < -0.39 is 0 Å². The number of oxazole rings is 1. The van der Waals surface area contributed by atoms with Gasteiger partial charge in [0.1, 0.15) is 0 Å². The molecule has 0 bridgehead atoms. The number of benzene rings is 2. The zero-order valence-electron chi connectivity index (χ0n) is 18.9. The van der Waals surface area contributed by atoms with E-state index in [1.165, 1.54) is 11.8 Å². The molecule has 2 heterocycles. The van der Waals surface area contributed by atoms with E-state index in [1.807, 2.05) is 48.5 Å². The van der Waals surface area contributed by atoms with E-state index >= 15 is 0 Å². The third-order valence-corrected chi connectivity index (χ3v) is 5.98. The monoisotopic (exact) mass is 466 g/mol. The molecule has 8 nitrogen and oxygen atoms in total.